The summed E-state index contributed by atoms with van der Waals surface area (Å²) in [5.41, 5.74) is 0.229. The van der Waals surface area contributed by atoms with E-state index in [-0.39, 0.29) is 17.0 Å². The molecule has 0 aliphatic heterocycles. The van der Waals surface area contributed by atoms with Gasteiger partial charge >= 0.3 is 0 Å². The highest BCUT2D eigenvalue weighted by Crippen LogP contribution is 2.23. The van der Waals surface area contributed by atoms with Crippen molar-refractivity contribution in [1.82, 2.24) is 10.5 Å². The first-order chi connectivity index (χ1) is 7.63. The van der Waals surface area contributed by atoms with Crippen LogP contribution in [0.2, 0.25) is 0 Å². The maximum Gasteiger partial charge on any atom is 0.273 e. The molecule has 82 valence electrons. The maximum absolute atomic E-state index is 11.3. The predicted molar refractivity (Wildman–Crippen MR) is 54.1 cm³/mol. The summed E-state index contributed by atoms with van der Waals surface area (Å²) in [5, 5.41) is 16.9. The number of fused-ring (bicyclic) bond motifs is 1. The Morgan fingerprint density at radius 1 is 1.56 bits per heavy atom. The Morgan fingerprint density at radius 2 is 2.31 bits per heavy atom. The summed E-state index contributed by atoms with van der Waals surface area (Å²) >= 11 is 0. The average Bonchev–Trinajstić information content (AvgIpc) is 2.70. The van der Waals surface area contributed by atoms with Gasteiger partial charge in [0.2, 0.25) is 0 Å². The third-order valence-electron chi connectivity index (χ3n) is 2.11. The number of carbonyl (C=O) groups excluding carboxylic acids is 1. The minimum absolute atomic E-state index is 0.105. The van der Waals surface area contributed by atoms with Crippen molar-refractivity contribution >= 4 is 22.6 Å². The molecular weight excluding hydrogens is 214 g/mol. The first-order valence-electron chi connectivity index (χ1n) is 4.39. The number of nitrogens with zero attached hydrogens (tertiary/aromatic N) is 2. The van der Waals surface area contributed by atoms with Gasteiger partial charge in [0.1, 0.15) is 0 Å². The summed E-state index contributed by atoms with van der Waals surface area (Å²) in [4.78, 5) is 21.3. The number of nitro benzene ring substituents is 1. The van der Waals surface area contributed by atoms with Gasteiger partial charge in [-0.15, -0.1) is 0 Å². The molecule has 0 aliphatic rings. The highest BCUT2D eigenvalue weighted by Gasteiger charge is 2.17. The largest absolute Gasteiger partial charge is 0.355 e. The number of rotatable bonds is 2. The minimum atomic E-state index is -0.540. The van der Waals surface area contributed by atoms with Gasteiger partial charge in [0.15, 0.2) is 11.3 Å². The van der Waals surface area contributed by atoms with Gasteiger partial charge in [-0.25, -0.2) is 0 Å². The Bertz CT molecular complexity index is 575. The molecule has 0 atom stereocenters. The van der Waals surface area contributed by atoms with Crippen molar-refractivity contribution in [3.05, 3.63) is 34.0 Å². The molecule has 0 radical (unpaired) electrons. The van der Waals surface area contributed by atoms with E-state index in [9.17, 15) is 14.9 Å². The zero-order chi connectivity index (χ0) is 11.7. The summed E-state index contributed by atoms with van der Waals surface area (Å²) in [6, 6.07) is 3.97. The van der Waals surface area contributed by atoms with Crippen molar-refractivity contribution in [2.75, 3.05) is 7.05 Å². The molecule has 16 heavy (non-hydrogen) atoms. The second-order valence-corrected chi connectivity index (χ2v) is 3.05. The zero-order valence-electron chi connectivity index (χ0n) is 8.26. The van der Waals surface area contributed by atoms with Crippen LogP contribution in [0.4, 0.5) is 5.69 Å². The van der Waals surface area contributed by atoms with E-state index < -0.39 is 10.8 Å². The number of aromatic nitrogens is 1. The number of nitrogens with one attached hydrogen (secondary N) is 1. The van der Waals surface area contributed by atoms with Crippen LogP contribution in [0.3, 0.4) is 0 Å². The summed E-state index contributed by atoms with van der Waals surface area (Å²) in [6.45, 7) is 0. The van der Waals surface area contributed by atoms with Gasteiger partial charge in [-0.05, 0) is 6.07 Å². The fourth-order valence-corrected chi connectivity index (χ4v) is 1.32. The standard InChI is InChI=1S/C9H7N3O4/c1-10-9(13)8-6-3-2-5(12(14)15)4-7(6)16-11-8/h2-4H,1H3,(H,10,13). The van der Waals surface area contributed by atoms with E-state index in [0.29, 0.717) is 5.39 Å². The molecule has 2 rings (SSSR count). The summed E-state index contributed by atoms with van der Waals surface area (Å²) in [5.74, 6) is -0.396. The van der Waals surface area contributed by atoms with Gasteiger partial charge in [-0.1, -0.05) is 5.16 Å². The van der Waals surface area contributed by atoms with Crippen LogP contribution in [0.1, 0.15) is 10.5 Å². The van der Waals surface area contributed by atoms with Crippen molar-refractivity contribution in [2.45, 2.75) is 0 Å². The third kappa shape index (κ3) is 1.48. The van der Waals surface area contributed by atoms with Gasteiger partial charge in [-0.2, -0.15) is 0 Å². The Morgan fingerprint density at radius 3 is 2.94 bits per heavy atom. The van der Waals surface area contributed by atoms with Crippen LogP contribution in [0.15, 0.2) is 22.7 Å². The first-order valence-corrected chi connectivity index (χ1v) is 4.39. The Balaban J connectivity index is 2.59. The zero-order valence-corrected chi connectivity index (χ0v) is 8.26. The smallest absolute Gasteiger partial charge is 0.273 e. The number of nitro groups is 1. The van der Waals surface area contributed by atoms with Crippen molar-refractivity contribution in [1.29, 1.82) is 0 Å². The normalized spacial score (nSPS) is 10.3. The van der Waals surface area contributed by atoms with E-state index in [4.69, 9.17) is 4.52 Å². The van der Waals surface area contributed by atoms with Crippen molar-refractivity contribution in [3.63, 3.8) is 0 Å². The first kappa shape index (κ1) is 10.1. The molecule has 0 saturated heterocycles. The Kier molecular flexibility index (Phi) is 2.28. The fourth-order valence-electron chi connectivity index (χ4n) is 1.32. The van der Waals surface area contributed by atoms with Crippen LogP contribution in [0.5, 0.6) is 0 Å². The lowest BCUT2D eigenvalue weighted by Gasteiger charge is -1.93. The van der Waals surface area contributed by atoms with Crippen LogP contribution < -0.4 is 5.32 Å². The van der Waals surface area contributed by atoms with E-state index in [1.807, 2.05) is 0 Å². The molecule has 7 nitrogen and oxygen atoms in total. The summed E-state index contributed by atoms with van der Waals surface area (Å²) in [7, 11) is 1.47. The molecule has 0 fully saturated rings. The molecule has 1 aromatic carbocycles. The summed E-state index contributed by atoms with van der Waals surface area (Å²) < 4.78 is 4.85. The molecule has 1 N–H and O–H groups in total. The highest BCUT2D eigenvalue weighted by atomic mass is 16.6. The van der Waals surface area contributed by atoms with Crippen molar-refractivity contribution < 1.29 is 14.2 Å². The van der Waals surface area contributed by atoms with Crippen LogP contribution in [-0.4, -0.2) is 23.0 Å². The van der Waals surface area contributed by atoms with Crippen LogP contribution in [0.25, 0.3) is 11.0 Å². The summed E-state index contributed by atoms with van der Waals surface area (Å²) in [6.07, 6.45) is 0. The molecule has 0 aliphatic carbocycles. The monoisotopic (exact) mass is 221 g/mol. The molecule has 0 bridgehead atoms. The van der Waals surface area contributed by atoms with Gasteiger partial charge in [0.05, 0.1) is 16.4 Å². The van der Waals surface area contributed by atoms with Gasteiger partial charge in [0.25, 0.3) is 11.6 Å². The number of carbonyl (C=O) groups is 1. The second-order valence-electron chi connectivity index (χ2n) is 3.05. The molecule has 1 heterocycles. The van der Waals surface area contributed by atoms with Gasteiger partial charge in [0, 0.05) is 13.1 Å². The molecule has 1 aromatic heterocycles. The predicted octanol–water partition coefficient (Wildman–Crippen LogP) is 1.10. The molecule has 0 saturated carbocycles. The lowest BCUT2D eigenvalue weighted by Crippen LogP contribution is -2.18. The second kappa shape index (κ2) is 3.61. The Labute approximate surface area is 89.2 Å². The molecule has 7 heteroatoms. The van der Waals surface area contributed by atoms with Crippen LogP contribution in [0, 0.1) is 10.1 Å². The van der Waals surface area contributed by atoms with Crippen LogP contribution in [-0.2, 0) is 0 Å². The number of hydrogen-bond donors (Lipinski definition) is 1. The molecule has 2 aromatic rings. The van der Waals surface area contributed by atoms with Gasteiger partial charge < -0.3 is 9.84 Å². The van der Waals surface area contributed by atoms with Crippen molar-refractivity contribution in [2.24, 2.45) is 0 Å². The lowest BCUT2D eigenvalue weighted by atomic mass is 10.2. The maximum atomic E-state index is 11.3. The SMILES string of the molecule is CNC(=O)c1noc2cc([N+](=O)[O-])ccc12. The number of amides is 1. The van der Waals surface area contributed by atoms with E-state index in [2.05, 4.69) is 10.5 Å². The van der Waals surface area contributed by atoms with Crippen molar-refractivity contribution in [3.8, 4) is 0 Å². The molecule has 0 spiro atoms. The quantitative estimate of drug-likeness (QED) is 0.604. The lowest BCUT2D eigenvalue weighted by molar-refractivity contribution is -0.384. The fraction of sp³-hybridized carbons (Fsp3) is 0.111. The highest BCUT2D eigenvalue weighted by molar-refractivity contribution is 6.04. The van der Waals surface area contributed by atoms with E-state index >= 15 is 0 Å². The third-order valence-corrected chi connectivity index (χ3v) is 2.11. The topological polar surface area (TPSA) is 98.3 Å². The van der Waals surface area contributed by atoms with Gasteiger partial charge in [-0.3, -0.25) is 14.9 Å². The van der Waals surface area contributed by atoms with E-state index in [0.717, 1.165) is 0 Å². The van der Waals surface area contributed by atoms with E-state index in [1.165, 1.54) is 25.2 Å². The number of benzene rings is 1. The number of hydrogen-bond acceptors (Lipinski definition) is 5. The Hall–Kier alpha value is -2.44. The average molecular weight is 221 g/mol. The minimum Gasteiger partial charge on any atom is -0.355 e. The van der Waals surface area contributed by atoms with E-state index in [1.54, 1.807) is 0 Å². The van der Waals surface area contributed by atoms with Crippen LogP contribution >= 0.6 is 0 Å². The molecule has 0 unspecified atom stereocenters. The molecular formula is C9H7N3O4. The number of non-ortho nitro benzene ring substituents is 1. The molecule has 1 amide bonds.